The summed E-state index contributed by atoms with van der Waals surface area (Å²) in [6, 6.07) is 2.15. The van der Waals surface area contributed by atoms with Crippen LogP contribution in [0.4, 0.5) is 0 Å². The van der Waals surface area contributed by atoms with Crippen molar-refractivity contribution in [1.82, 2.24) is 0 Å². The summed E-state index contributed by atoms with van der Waals surface area (Å²) in [5.74, 6) is 0.665. The fourth-order valence-corrected chi connectivity index (χ4v) is 5.77. The second-order valence-corrected chi connectivity index (χ2v) is 8.30. The summed E-state index contributed by atoms with van der Waals surface area (Å²) in [5.41, 5.74) is 1.26. The second-order valence-electron chi connectivity index (χ2n) is 4.08. The van der Waals surface area contributed by atoms with Crippen LogP contribution in [0.2, 0.25) is 0 Å². The van der Waals surface area contributed by atoms with Crippen LogP contribution in [0.1, 0.15) is 43.0 Å². The van der Waals surface area contributed by atoms with Crippen LogP contribution in [0.15, 0.2) is 13.6 Å². The lowest BCUT2D eigenvalue weighted by Gasteiger charge is -2.25. The molecule has 1 heterocycles. The summed E-state index contributed by atoms with van der Waals surface area (Å²) in [4.78, 5) is 0. The van der Waals surface area contributed by atoms with Gasteiger partial charge < -0.3 is 0 Å². The first-order valence-electron chi connectivity index (χ1n) is 5.27. The van der Waals surface area contributed by atoms with Gasteiger partial charge in [-0.3, -0.25) is 0 Å². The van der Waals surface area contributed by atoms with Crippen LogP contribution >= 0.6 is 54.8 Å². The van der Waals surface area contributed by atoms with Gasteiger partial charge in [0.1, 0.15) is 0 Å². The molecule has 0 aliphatic heterocycles. The molecule has 1 aromatic rings. The molecule has 1 aliphatic carbocycles. The van der Waals surface area contributed by atoms with Crippen LogP contribution < -0.4 is 0 Å². The Hall–Kier alpha value is 0.950. The largest absolute Gasteiger partial charge is 0.121 e. The van der Waals surface area contributed by atoms with Crippen molar-refractivity contribution >= 4 is 54.8 Å². The summed E-state index contributed by atoms with van der Waals surface area (Å²) >= 11 is 15.4. The van der Waals surface area contributed by atoms with Gasteiger partial charge in [-0.2, -0.15) is 0 Å². The minimum absolute atomic E-state index is 0.183. The Kier molecular flexibility index (Phi) is 4.57. The van der Waals surface area contributed by atoms with Gasteiger partial charge in [0.15, 0.2) is 0 Å². The molecule has 0 radical (unpaired) electrons. The van der Waals surface area contributed by atoms with Gasteiger partial charge in [-0.05, 0) is 62.2 Å². The first-order chi connectivity index (χ1) is 7.18. The van der Waals surface area contributed by atoms with Crippen LogP contribution in [0.25, 0.3) is 0 Å². The Labute approximate surface area is 117 Å². The van der Waals surface area contributed by atoms with E-state index in [1.165, 1.54) is 41.5 Å². The van der Waals surface area contributed by atoms with E-state index < -0.39 is 0 Å². The molecule has 1 aliphatic rings. The van der Waals surface area contributed by atoms with Gasteiger partial charge in [-0.15, -0.1) is 22.9 Å². The quantitative estimate of drug-likeness (QED) is 0.548. The van der Waals surface area contributed by atoms with E-state index >= 15 is 0 Å². The lowest BCUT2D eigenvalue weighted by Crippen LogP contribution is -2.11. The van der Waals surface area contributed by atoms with E-state index in [2.05, 4.69) is 37.9 Å². The smallest absolute Gasteiger partial charge is 0.0757 e. The Bertz CT molecular complexity index is 331. The minimum atomic E-state index is 0.183. The van der Waals surface area contributed by atoms with Gasteiger partial charge in [0.05, 0.1) is 12.9 Å². The van der Waals surface area contributed by atoms with Gasteiger partial charge in [0.25, 0.3) is 0 Å². The predicted octanol–water partition coefficient (Wildman–Crippen LogP) is 6.13. The van der Waals surface area contributed by atoms with Crippen molar-refractivity contribution in [2.45, 2.75) is 37.5 Å². The standard InChI is InChI=1S/C11H13Br2ClS/c12-9-6-8(11(13)15-9)10(14)7-4-2-1-3-5-7/h6-7,10H,1-5H2. The molecule has 1 atom stereocenters. The van der Waals surface area contributed by atoms with Gasteiger partial charge in [-0.1, -0.05) is 19.3 Å². The SMILES string of the molecule is ClC(c1cc(Br)sc1Br)C1CCCCC1. The van der Waals surface area contributed by atoms with E-state index in [9.17, 15) is 0 Å². The number of thiophene rings is 1. The molecule has 84 valence electrons. The van der Waals surface area contributed by atoms with E-state index in [0.717, 1.165) is 3.79 Å². The predicted molar refractivity (Wildman–Crippen MR) is 74.9 cm³/mol. The maximum Gasteiger partial charge on any atom is 0.0757 e. The number of hydrogen-bond donors (Lipinski definition) is 0. The van der Waals surface area contributed by atoms with Gasteiger partial charge in [0, 0.05) is 0 Å². The van der Waals surface area contributed by atoms with Crippen molar-refractivity contribution in [2.75, 3.05) is 0 Å². The van der Waals surface area contributed by atoms with Crippen LogP contribution in [0, 0.1) is 5.92 Å². The van der Waals surface area contributed by atoms with Crippen molar-refractivity contribution in [1.29, 1.82) is 0 Å². The van der Waals surface area contributed by atoms with E-state index in [1.54, 1.807) is 11.3 Å². The summed E-state index contributed by atoms with van der Waals surface area (Å²) < 4.78 is 2.34. The van der Waals surface area contributed by atoms with E-state index in [1.807, 2.05) is 0 Å². The molecule has 1 aromatic heterocycles. The highest BCUT2D eigenvalue weighted by Gasteiger charge is 2.25. The Balaban J connectivity index is 2.12. The zero-order chi connectivity index (χ0) is 10.8. The molecule has 0 bridgehead atoms. The lowest BCUT2D eigenvalue weighted by molar-refractivity contribution is 0.348. The highest BCUT2D eigenvalue weighted by atomic mass is 79.9. The highest BCUT2D eigenvalue weighted by molar-refractivity contribution is 9.12. The zero-order valence-electron chi connectivity index (χ0n) is 8.31. The first-order valence-corrected chi connectivity index (χ1v) is 8.11. The molecule has 0 aromatic carbocycles. The van der Waals surface area contributed by atoms with Gasteiger partial charge in [0.2, 0.25) is 0 Å². The lowest BCUT2D eigenvalue weighted by atomic mass is 9.85. The molecule has 0 nitrogen and oxygen atoms in total. The van der Waals surface area contributed by atoms with E-state index in [-0.39, 0.29) is 5.38 Å². The topological polar surface area (TPSA) is 0 Å². The third-order valence-corrected chi connectivity index (χ3v) is 6.02. The number of hydrogen-bond acceptors (Lipinski definition) is 1. The Morgan fingerprint density at radius 2 is 1.93 bits per heavy atom. The molecule has 15 heavy (non-hydrogen) atoms. The monoisotopic (exact) mass is 370 g/mol. The number of alkyl halides is 1. The fraction of sp³-hybridized carbons (Fsp3) is 0.636. The summed E-state index contributed by atoms with van der Waals surface area (Å²) in [6.07, 6.45) is 6.64. The third kappa shape index (κ3) is 2.99. The molecular weight excluding hydrogens is 359 g/mol. The summed E-state index contributed by atoms with van der Waals surface area (Å²) in [7, 11) is 0. The zero-order valence-corrected chi connectivity index (χ0v) is 13.1. The van der Waals surface area contributed by atoms with Crippen LogP contribution in [0.3, 0.4) is 0 Å². The molecule has 1 fully saturated rings. The molecule has 2 rings (SSSR count). The van der Waals surface area contributed by atoms with Crippen LogP contribution in [-0.4, -0.2) is 0 Å². The maximum absolute atomic E-state index is 6.56. The summed E-state index contributed by atoms with van der Waals surface area (Å²) in [5, 5.41) is 0.183. The van der Waals surface area contributed by atoms with Gasteiger partial charge >= 0.3 is 0 Å². The van der Waals surface area contributed by atoms with Crippen molar-refractivity contribution < 1.29 is 0 Å². The molecule has 0 amide bonds. The molecular formula is C11H13Br2ClS. The van der Waals surface area contributed by atoms with E-state index in [0.29, 0.717) is 5.92 Å². The minimum Gasteiger partial charge on any atom is -0.121 e. The Morgan fingerprint density at radius 1 is 1.27 bits per heavy atom. The van der Waals surface area contributed by atoms with Crippen molar-refractivity contribution in [3.63, 3.8) is 0 Å². The highest BCUT2D eigenvalue weighted by Crippen LogP contribution is 2.44. The molecule has 0 saturated heterocycles. The Morgan fingerprint density at radius 3 is 2.47 bits per heavy atom. The van der Waals surface area contributed by atoms with Crippen molar-refractivity contribution in [3.8, 4) is 0 Å². The number of rotatable bonds is 2. The third-order valence-electron chi connectivity index (χ3n) is 3.04. The average molecular weight is 373 g/mol. The first kappa shape index (κ1) is 12.4. The van der Waals surface area contributed by atoms with Crippen molar-refractivity contribution in [2.24, 2.45) is 5.92 Å². The fourth-order valence-electron chi connectivity index (χ4n) is 2.22. The molecule has 1 saturated carbocycles. The van der Waals surface area contributed by atoms with Gasteiger partial charge in [-0.25, -0.2) is 0 Å². The van der Waals surface area contributed by atoms with Crippen molar-refractivity contribution in [3.05, 3.63) is 19.2 Å². The molecule has 0 N–H and O–H groups in total. The average Bonchev–Trinajstić information content (AvgIpc) is 2.58. The normalized spacial score (nSPS) is 20.5. The van der Waals surface area contributed by atoms with Crippen LogP contribution in [-0.2, 0) is 0 Å². The summed E-state index contributed by atoms with van der Waals surface area (Å²) in [6.45, 7) is 0. The molecule has 0 spiro atoms. The number of halogens is 3. The molecule has 4 heteroatoms. The molecule has 1 unspecified atom stereocenters. The second kappa shape index (κ2) is 5.52. The maximum atomic E-state index is 6.56. The van der Waals surface area contributed by atoms with Crippen LogP contribution in [0.5, 0.6) is 0 Å². The van der Waals surface area contributed by atoms with E-state index in [4.69, 9.17) is 11.6 Å².